The van der Waals surface area contributed by atoms with Gasteiger partial charge < -0.3 is 0 Å². The van der Waals surface area contributed by atoms with Crippen molar-refractivity contribution < 1.29 is 0 Å². The van der Waals surface area contributed by atoms with Crippen molar-refractivity contribution in [1.82, 2.24) is 9.36 Å². The molecule has 15 heavy (non-hydrogen) atoms. The molecule has 3 unspecified atom stereocenters. The molecule has 1 heterocycles. The van der Waals surface area contributed by atoms with E-state index in [1.807, 2.05) is 0 Å². The Kier molecular flexibility index (Phi) is 3.60. The van der Waals surface area contributed by atoms with Gasteiger partial charge in [0.1, 0.15) is 6.33 Å². The molecule has 1 saturated carbocycles. The Morgan fingerprint density at radius 1 is 1.60 bits per heavy atom. The van der Waals surface area contributed by atoms with E-state index in [0.717, 1.165) is 23.1 Å². The zero-order valence-electron chi connectivity index (χ0n) is 8.59. The van der Waals surface area contributed by atoms with Crippen LogP contribution in [0, 0.1) is 23.2 Å². The van der Waals surface area contributed by atoms with Gasteiger partial charge in [-0.15, -0.1) is 0 Å². The molecule has 1 aromatic heterocycles. The first-order valence-electron chi connectivity index (χ1n) is 5.12. The van der Waals surface area contributed by atoms with Gasteiger partial charge in [0.2, 0.25) is 0 Å². The van der Waals surface area contributed by atoms with Crippen LogP contribution in [0.3, 0.4) is 0 Å². The van der Waals surface area contributed by atoms with E-state index in [1.165, 1.54) is 18.0 Å². The van der Waals surface area contributed by atoms with E-state index in [2.05, 4.69) is 22.4 Å². The van der Waals surface area contributed by atoms with Crippen LogP contribution in [0.25, 0.3) is 0 Å². The third kappa shape index (κ3) is 2.70. The number of thioether (sulfide) groups is 1. The summed E-state index contributed by atoms with van der Waals surface area (Å²) in [5.74, 6) is 0.926. The molecule has 0 saturated heterocycles. The lowest BCUT2D eigenvalue weighted by atomic mass is 9.83. The molecule has 3 atom stereocenters. The summed E-state index contributed by atoms with van der Waals surface area (Å²) in [4.78, 5) is 4.17. The van der Waals surface area contributed by atoms with Crippen LogP contribution in [0.2, 0.25) is 0 Å². The third-order valence-corrected chi connectivity index (χ3v) is 4.92. The number of nitriles is 1. The normalized spacial score (nSPS) is 31.1. The minimum absolute atomic E-state index is 0.190. The SMILES string of the molecule is CC1CCC(C#N)C(Sc2ncns2)C1. The molecule has 1 aromatic rings. The summed E-state index contributed by atoms with van der Waals surface area (Å²) < 4.78 is 4.98. The summed E-state index contributed by atoms with van der Waals surface area (Å²) in [6.45, 7) is 2.27. The first-order valence-corrected chi connectivity index (χ1v) is 6.78. The Hall–Kier alpha value is -0.600. The molecule has 0 aliphatic heterocycles. The van der Waals surface area contributed by atoms with Crippen LogP contribution in [-0.2, 0) is 0 Å². The molecule has 5 heteroatoms. The predicted octanol–water partition coefficient (Wildman–Crippen LogP) is 2.96. The van der Waals surface area contributed by atoms with Crippen molar-refractivity contribution in [3.8, 4) is 6.07 Å². The predicted molar refractivity (Wildman–Crippen MR) is 61.7 cm³/mol. The van der Waals surface area contributed by atoms with Gasteiger partial charge in [-0.3, -0.25) is 0 Å². The van der Waals surface area contributed by atoms with Crippen LogP contribution in [0.5, 0.6) is 0 Å². The largest absolute Gasteiger partial charge is 0.216 e. The van der Waals surface area contributed by atoms with Crippen molar-refractivity contribution in [2.45, 2.75) is 35.8 Å². The molecule has 3 nitrogen and oxygen atoms in total. The van der Waals surface area contributed by atoms with Crippen LogP contribution in [0.15, 0.2) is 10.7 Å². The highest BCUT2D eigenvalue weighted by Gasteiger charge is 2.30. The fraction of sp³-hybridized carbons (Fsp3) is 0.700. The van der Waals surface area contributed by atoms with Gasteiger partial charge in [0, 0.05) is 5.25 Å². The molecule has 80 valence electrons. The number of rotatable bonds is 2. The molecule has 2 rings (SSSR count). The summed E-state index contributed by atoms with van der Waals surface area (Å²) in [5, 5.41) is 9.49. The number of hydrogen-bond donors (Lipinski definition) is 0. The van der Waals surface area contributed by atoms with E-state index in [0.29, 0.717) is 5.25 Å². The van der Waals surface area contributed by atoms with Crippen LogP contribution in [0.4, 0.5) is 0 Å². The molecular weight excluding hydrogens is 226 g/mol. The molecule has 0 spiro atoms. The zero-order chi connectivity index (χ0) is 10.7. The van der Waals surface area contributed by atoms with Crippen LogP contribution in [0.1, 0.15) is 26.2 Å². The third-order valence-electron chi connectivity index (χ3n) is 2.81. The monoisotopic (exact) mass is 239 g/mol. The summed E-state index contributed by atoms with van der Waals surface area (Å²) in [6, 6.07) is 2.42. The molecular formula is C10H13N3S2. The lowest BCUT2D eigenvalue weighted by Crippen LogP contribution is -2.24. The smallest absolute Gasteiger partial charge is 0.170 e. The van der Waals surface area contributed by atoms with E-state index >= 15 is 0 Å². The van der Waals surface area contributed by atoms with Gasteiger partial charge in [-0.1, -0.05) is 18.7 Å². The summed E-state index contributed by atoms with van der Waals surface area (Å²) >= 11 is 3.15. The average molecular weight is 239 g/mol. The van der Waals surface area contributed by atoms with Crippen LogP contribution >= 0.6 is 23.3 Å². The van der Waals surface area contributed by atoms with Crippen LogP contribution in [-0.4, -0.2) is 14.6 Å². The Bertz CT molecular complexity index is 344. The molecule has 0 bridgehead atoms. The zero-order valence-corrected chi connectivity index (χ0v) is 10.2. The van der Waals surface area contributed by atoms with Gasteiger partial charge in [0.25, 0.3) is 0 Å². The molecule has 0 aromatic carbocycles. The van der Waals surface area contributed by atoms with Gasteiger partial charge in [0.15, 0.2) is 4.34 Å². The second kappa shape index (κ2) is 4.95. The van der Waals surface area contributed by atoms with Gasteiger partial charge in [-0.2, -0.15) is 9.64 Å². The summed E-state index contributed by atoms with van der Waals surface area (Å²) in [5.41, 5.74) is 0. The highest BCUT2D eigenvalue weighted by Crippen LogP contribution is 2.39. The van der Waals surface area contributed by atoms with Crippen molar-refractivity contribution in [2.24, 2.45) is 11.8 Å². The number of hydrogen-bond acceptors (Lipinski definition) is 5. The standard InChI is InChI=1S/C10H13N3S2/c1-7-2-3-8(5-11)9(4-7)14-10-12-6-13-15-10/h6-9H,2-4H2,1H3. The van der Waals surface area contributed by atoms with Gasteiger partial charge in [-0.25, -0.2) is 4.98 Å². The lowest BCUT2D eigenvalue weighted by molar-refractivity contribution is 0.346. The summed E-state index contributed by atoms with van der Waals surface area (Å²) in [7, 11) is 0. The fourth-order valence-corrected chi connectivity index (χ4v) is 4.05. The number of aromatic nitrogens is 2. The van der Waals surface area contributed by atoms with Gasteiger partial charge in [0.05, 0.1) is 12.0 Å². The Morgan fingerprint density at radius 2 is 2.47 bits per heavy atom. The van der Waals surface area contributed by atoms with E-state index in [4.69, 9.17) is 5.26 Å². The maximum atomic E-state index is 9.08. The number of nitrogens with zero attached hydrogens (tertiary/aromatic N) is 3. The first-order chi connectivity index (χ1) is 7.29. The molecule has 0 amide bonds. The van der Waals surface area contributed by atoms with Crippen molar-refractivity contribution in [3.63, 3.8) is 0 Å². The maximum Gasteiger partial charge on any atom is 0.170 e. The van der Waals surface area contributed by atoms with E-state index in [9.17, 15) is 0 Å². The van der Waals surface area contributed by atoms with E-state index in [-0.39, 0.29) is 5.92 Å². The van der Waals surface area contributed by atoms with Crippen molar-refractivity contribution >= 4 is 23.3 Å². The minimum atomic E-state index is 0.190. The molecule has 0 radical (unpaired) electrons. The molecule has 1 aliphatic rings. The Morgan fingerprint density at radius 3 is 3.13 bits per heavy atom. The van der Waals surface area contributed by atoms with Crippen molar-refractivity contribution in [1.29, 1.82) is 5.26 Å². The fourth-order valence-electron chi connectivity index (χ4n) is 1.95. The highest BCUT2D eigenvalue weighted by atomic mass is 32.2. The summed E-state index contributed by atoms with van der Waals surface area (Å²) in [6.07, 6.45) is 4.93. The van der Waals surface area contributed by atoms with Crippen molar-refractivity contribution in [2.75, 3.05) is 0 Å². The van der Waals surface area contributed by atoms with E-state index in [1.54, 1.807) is 18.1 Å². The topological polar surface area (TPSA) is 49.6 Å². The van der Waals surface area contributed by atoms with Gasteiger partial charge >= 0.3 is 0 Å². The Balaban J connectivity index is 2.02. The highest BCUT2D eigenvalue weighted by molar-refractivity contribution is 8.01. The average Bonchev–Trinajstić information content (AvgIpc) is 2.71. The quantitative estimate of drug-likeness (QED) is 0.796. The molecule has 1 fully saturated rings. The first kappa shape index (κ1) is 10.9. The molecule has 1 aliphatic carbocycles. The second-order valence-electron chi connectivity index (χ2n) is 4.02. The molecule has 0 N–H and O–H groups in total. The van der Waals surface area contributed by atoms with Crippen LogP contribution < -0.4 is 0 Å². The maximum absolute atomic E-state index is 9.08. The van der Waals surface area contributed by atoms with E-state index < -0.39 is 0 Å². The lowest BCUT2D eigenvalue weighted by Gasteiger charge is -2.29. The minimum Gasteiger partial charge on any atom is -0.216 e. The van der Waals surface area contributed by atoms with Gasteiger partial charge in [-0.05, 0) is 36.7 Å². The second-order valence-corrected chi connectivity index (χ2v) is 6.28. The Labute approximate surface area is 98.1 Å². The van der Waals surface area contributed by atoms with Crippen molar-refractivity contribution in [3.05, 3.63) is 6.33 Å².